The zero-order valence-electron chi connectivity index (χ0n) is 22.9. The number of rotatable bonds is 9. The van der Waals surface area contributed by atoms with Gasteiger partial charge in [-0.2, -0.15) is 5.26 Å². The van der Waals surface area contributed by atoms with Crippen molar-refractivity contribution >= 4 is 44.8 Å². The van der Waals surface area contributed by atoms with E-state index in [-0.39, 0.29) is 5.41 Å². The second-order valence-corrected chi connectivity index (χ2v) is 11.4. The summed E-state index contributed by atoms with van der Waals surface area (Å²) in [5.41, 5.74) is 4.26. The first-order valence-electron chi connectivity index (χ1n) is 13.1. The molecule has 0 spiro atoms. The molecule has 0 fully saturated rings. The average Bonchev–Trinajstić information content (AvgIpc) is 3.44. The number of anilines is 2. The summed E-state index contributed by atoms with van der Waals surface area (Å²) in [6.45, 7) is 5.10. The normalized spacial score (nSPS) is 12.5. The number of aromatic nitrogens is 5. The zero-order valence-corrected chi connectivity index (χ0v) is 23.6. The number of hydrogen-bond acceptors (Lipinski definition) is 7. The van der Waals surface area contributed by atoms with Crippen molar-refractivity contribution in [1.29, 1.82) is 5.26 Å². The van der Waals surface area contributed by atoms with Gasteiger partial charge in [0.25, 0.3) is 0 Å². The van der Waals surface area contributed by atoms with Gasteiger partial charge in [-0.1, -0.05) is 55.8 Å². The van der Waals surface area contributed by atoms with E-state index in [0.29, 0.717) is 45.1 Å². The molecule has 5 rings (SSSR count). The van der Waals surface area contributed by atoms with Crippen molar-refractivity contribution in [2.24, 2.45) is 5.41 Å². The minimum absolute atomic E-state index is 0.0433. The fraction of sp³-hybridized carbons (Fsp3) is 0.300. The van der Waals surface area contributed by atoms with E-state index in [2.05, 4.69) is 57.8 Å². The van der Waals surface area contributed by atoms with Gasteiger partial charge in [0, 0.05) is 35.4 Å². The van der Waals surface area contributed by atoms with E-state index in [0.717, 1.165) is 16.5 Å². The van der Waals surface area contributed by atoms with Crippen molar-refractivity contribution in [3.05, 3.63) is 82.9 Å². The molecule has 0 radical (unpaired) electrons. The Hall–Kier alpha value is -4.36. The maximum absolute atomic E-state index is 13.5. The highest BCUT2D eigenvalue weighted by molar-refractivity contribution is 6.35. The summed E-state index contributed by atoms with van der Waals surface area (Å²) < 4.78 is 28.1. The standard InChI is InChI=1S/C30H29ClF2N8/c1-30(2,3)17-37-27-18(14-34)15-36-28-23(27)10-19(11-24(28)31)38-29(26-16-41(40-39-26)20(12-32)13-33)22-6-4-8-25-21(22)7-5-9-35-25/h4-11,15-16,20,29,38H,12-13,17H2,1-3H3,(H,36,37)/t29-/m0/s1. The SMILES string of the molecule is CC(C)(C)CNc1c(C#N)cnc2c(Cl)cc(N[C@H](c3cn(C(CF)CF)nn3)c3cccc4ncccc34)cc12. The summed E-state index contributed by atoms with van der Waals surface area (Å²) in [6, 6.07) is 13.7. The predicted molar refractivity (Wildman–Crippen MR) is 158 cm³/mol. The van der Waals surface area contributed by atoms with Crippen LogP contribution < -0.4 is 10.6 Å². The highest BCUT2D eigenvalue weighted by atomic mass is 35.5. The number of pyridine rings is 2. The van der Waals surface area contributed by atoms with Crippen LogP contribution in [0.4, 0.5) is 20.2 Å². The number of nitrogens with zero attached hydrogens (tertiary/aromatic N) is 6. The van der Waals surface area contributed by atoms with Crippen molar-refractivity contribution in [3.63, 3.8) is 0 Å². The number of nitriles is 1. The fourth-order valence-electron chi connectivity index (χ4n) is 4.61. The smallest absolute Gasteiger partial charge is 0.114 e. The molecule has 0 aliphatic heterocycles. The van der Waals surface area contributed by atoms with E-state index in [4.69, 9.17) is 11.6 Å². The number of halogens is 3. The van der Waals surface area contributed by atoms with Crippen LogP contribution in [-0.4, -0.2) is 44.9 Å². The van der Waals surface area contributed by atoms with Crippen molar-refractivity contribution in [3.8, 4) is 6.07 Å². The van der Waals surface area contributed by atoms with E-state index in [1.165, 1.54) is 10.9 Å². The van der Waals surface area contributed by atoms with Gasteiger partial charge in [0.15, 0.2) is 0 Å². The highest BCUT2D eigenvalue weighted by Crippen LogP contribution is 2.37. The van der Waals surface area contributed by atoms with Crippen LogP contribution in [0.3, 0.4) is 0 Å². The molecule has 0 unspecified atom stereocenters. The molecule has 0 amide bonds. The van der Waals surface area contributed by atoms with E-state index in [9.17, 15) is 14.0 Å². The lowest BCUT2D eigenvalue weighted by Gasteiger charge is -2.23. The zero-order chi connectivity index (χ0) is 29.1. The number of benzene rings is 2. The molecule has 41 heavy (non-hydrogen) atoms. The van der Waals surface area contributed by atoms with Gasteiger partial charge in [0.05, 0.1) is 39.5 Å². The Kier molecular flexibility index (Phi) is 7.99. The lowest BCUT2D eigenvalue weighted by molar-refractivity contribution is 0.269. The van der Waals surface area contributed by atoms with E-state index < -0.39 is 25.4 Å². The quantitative estimate of drug-likeness (QED) is 0.194. The van der Waals surface area contributed by atoms with Crippen LogP contribution in [0.5, 0.6) is 0 Å². The van der Waals surface area contributed by atoms with Gasteiger partial charge in [0.1, 0.15) is 31.2 Å². The van der Waals surface area contributed by atoms with Gasteiger partial charge in [0.2, 0.25) is 0 Å². The monoisotopic (exact) mass is 574 g/mol. The maximum Gasteiger partial charge on any atom is 0.114 e. The molecule has 0 saturated heterocycles. The third kappa shape index (κ3) is 5.91. The van der Waals surface area contributed by atoms with Crippen LogP contribution in [0.15, 0.2) is 61.1 Å². The van der Waals surface area contributed by atoms with Gasteiger partial charge in [-0.25, -0.2) is 13.5 Å². The molecule has 1 atom stereocenters. The molecule has 210 valence electrons. The van der Waals surface area contributed by atoms with E-state index in [1.54, 1.807) is 18.5 Å². The molecular formula is C30H29ClF2N8. The third-order valence-electron chi connectivity index (χ3n) is 6.70. The first-order valence-corrected chi connectivity index (χ1v) is 13.5. The van der Waals surface area contributed by atoms with Gasteiger partial charge < -0.3 is 10.6 Å². The molecule has 0 bridgehead atoms. The van der Waals surface area contributed by atoms with Crippen LogP contribution in [0, 0.1) is 16.7 Å². The molecule has 0 saturated carbocycles. The highest BCUT2D eigenvalue weighted by Gasteiger charge is 2.24. The summed E-state index contributed by atoms with van der Waals surface area (Å²) in [5.74, 6) is 0. The van der Waals surface area contributed by atoms with Gasteiger partial charge >= 0.3 is 0 Å². The fourth-order valence-corrected chi connectivity index (χ4v) is 4.88. The van der Waals surface area contributed by atoms with Crippen LogP contribution in [-0.2, 0) is 0 Å². The van der Waals surface area contributed by atoms with Gasteiger partial charge in [-0.3, -0.25) is 9.97 Å². The Morgan fingerprint density at radius 3 is 2.61 bits per heavy atom. The Labute approximate surface area is 241 Å². The van der Waals surface area contributed by atoms with Crippen LogP contribution in [0.2, 0.25) is 5.02 Å². The summed E-state index contributed by atoms with van der Waals surface area (Å²) in [5, 5.41) is 27.0. The number of fused-ring (bicyclic) bond motifs is 2. The summed E-state index contributed by atoms with van der Waals surface area (Å²) in [7, 11) is 0. The summed E-state index contributed by atoms with van der Waals surface area (Å²) in [4.78, 5) is 8.92. The van der Waals surface area contributed by atoms with Gasteiger partial charge in [-0.15, -0.1) is 5.10 Å². The maximum atomic E-state index is 13.5. The lowest BCUT2D eigenvalue weighted by Crippen LogP contribution is -2.20. The Morgan fingerprint density at radius 1 is 1.07 bits per heavy atom. The molecule has 8 nitrogen and oxygen atoms in total. The van der Waals surface area contributed by atoms with Crippen LogP contribution in [0.1, 0.15) is 49.7 Å². The topological polar surface area (TPSA) is 104 Å². The van der Waals surface area contributed by atoms with Gasteiger partial charge in [-0.05, 0) is 35.2 Å². The minimum Gasteiger partial charge on any atom is -0.383 e. The number of nitrogens with one attached hydrogen (secondary N) is 2. The second kappa shape index (κ2) is 11.6. The molecule has 11 heteroatoms. The van der Waals surface area contributed by atoms with Crippen LogP contribution >= 0.6 is 11.6 Å². The number of alkyl halides is 2. The molecule has 3 aromatic heterocycles. The average molecular weight is 575 g/mol. The molecule has 3 heterocycles. The molecule has 0 aliphatic rings. The minimum atomic E-state index is -1.06. The largest absolute Gasteiger partial charge is 0.383 e. The van der Waals surface area contributed by atoms with Crippen molar-refractivity contribution in [2.75, 3.05) is 30.5 Å². The van der Waals surface area contributed by atoms with Crippen LogP contribution in [0.25, 0.3) is 21.8 Å². The first-order chi connectivity index (χ1) is 19.7. The third-order valence-corrected chi connectivity index (χ3v) is 6.98. The van der Waals surface area contributed by atoms with Crippen molar-refractivity contribution in [1.82, 2.24) is 25.0 Å². The van der Waals surface area contributed by atoms with Crippen molar-refractivity contribution < 1.29 is 8.78 Å². The number of hydrogen-bond donors (Lipinski definition) is 2. The first kappa shape index (κ1) is 28.2. The van der Waals surface area contributed by atoms with E-state index >= 15 is 0 Å². The molecule has 5 aromatic rings. The Bertz CT molecular complexity index is 1730. The summed E-state index contributed by atoms with van der Waals surface area (Å²) >= 11 is 6.73. The predicted octanol–water partition coefficient (Wildman–Crippen LogP) is 7.04. The molecule has 2 N–H and O–H groups in total. The molecular weight excluding hydrogens is 546 g/mol. The summed E-state index contributed by atoms with van der Waals surface area (Å²) in [6.07, 6.45) is 4.78. The molecule has 0 aliphatic carbocycles. The molecule has 2 aromatic carbocycles. The Morgan fingerprint density at radius 2 is 1.88 bits per heavy atom. The second-order valence-electron chi connectivity index (χ2n) is 11.0. The van der Waals surface area contributed by atoms with Crippen molar-refractivity contribution in [2.45, 2.75) is 32.9 Å². The van der Waals surface area contributed by atoms with E-state index in [1.807, 2.05) is 36.4 Å². The lowest BCUT2D eigenvalue weighted by atomic mass is 9.96. The Balaban J connectivity index is 1.65.